The molecular formula is C17H15FN2O2. The number of nitrogens with zero attached hydrogens (tertiary/aromatic N) is 2. The third kappa shape index (κ3) is 2.45. The molecule has 0 spiro atoms. The van der Waals surface area contributed by atoms with Crippen LogP contribution in [0.2, 0.25) is 0 Å². The summed E-state index contributed by atoms with van der Waals surface area (Å²) in [5.74, 6) is -0.432. The molecule has 0 saturated carbocycles. The monoisotopic (exact) mass is 298 g/mol. The largest absolute Gasteiger partial charge is 0.478 e. The van der Waals surface area contributed by atoms with Crippen molar-refractivity contribution >= 4 is 17.0 Å². The molecule has 3 rings (SSSR count). The van der Waals surface area contributed by atoms with Gasteiger partial charge in [0.05, 0.1) is 23.1 Å². The fourth-order valence-corrected chi connectivity index (χ4v) is 2.56. The van der Waals surface area contributed by atoms with Crippen LogP contribution in [0.5, 0.6) is 0 Å². The van der Waals surface area contributed by atoms with Crippen molar-refractivity contribution in [1.29, 1.82) is 0 Å². The average Bonchev–Trinajstić information content (AvgIpc) is 2.86. The van der Waals surface area contributed by atoms with Gasteiger partial charge >= 0.3 is 5.97 Å². The van der Waals surface area contributed by atoms with Crippen LogP contribution in [0.15, 0.2) is 42.5 Å². The third-order valence-corrected chi connectivity index (χ3v) is 3.68. The smallest absolute Gasteiger partial charge is 0.335 e. The molecule has 0 aliphatic heterocycles. The van der Waals surface area contributed by atoms with E-state index >= 15 is 0 Å². The Labute approximate surface area is 126 Å². The molecule has 3 aromatic rings. The van der Waals surface area contributed by atoms with Crippen LogP contribution in [0.1, 0.15) is 28.7 Å². The quantitative estimate of drug-likeness (QED) is 0.802. The number of fused-ring (bicyclic) bond motifs is 1. The molecule has 0 aliphatic carbocycles. The number of rotatable bonds is 4. The number of imidazole rings is 1. The summed E-state index contributed by atoms with van der Waals surface area (Å²) in [5, 5.41) is 9.07. The number of hydrogen-bond acceptors (Lipinski definition) is 2. The molecule has 0 fully saturated rings. The predicted octanol–water partition coefficient (Wildman–Crippen LogP) is 3.48. The van der Waals surface area contributed by atoms with Crippen molar-refractivity contribution in [3.63, 3.8) is 0 Å². The maximum absolute atomic E-state index is 13.9. The fourth-order valence-electron chi connectivity index (χ4n) is 2.56. The number of carboxylic acids is 1. The molecule has 4 nitrogen and oxygen atoms in total. The molecule has 5 heteroatoms. The van der Waals surface area contributed by atoms with Crippen LogP contribution in [0.25, 0.3) is 11.0 Å². The van der Waals surface area contributed by atoms with Crippen LogP contribution >= 0.6 is 0 Å². The number of aromatic carboxylic acids is 1. The van der Waals surface area contributed by atoms with Gasteiger partial charge in [-0.1, -0.05) is 25.1 Å². The SMILES string of the molecule is CCc1nc2cc(C(=O)O)ccc2n1Cc1ccccc1F. The second-order valence-corrected chi connectivity index (χ2v) is 5.07. The number of aryl methyl sites for hydroxylation is 1. The fraction of sp³-hybridized carbons (Fsp3) is 0.176. The number of halogens is 1. The number of carboxylic acid groups (broad SMARTS) is 1. The number of hydrogen-bond donors (Lipinski definition) is 1. The molecule has 0 bridgehead atoms. The Morgan fingerprint density at radius 2 is 2.05 bits per heavy atom. The van der Waals surface area contributed by atoms with Crippen LogP contribution in [-0.4, -0.2) is 20.6 Å². The van der Waals surface area contributed by atoms with Crippen molar-refractivity contribution < 1.29 is 14.3 Å². The van der Waals surface area contributed by atoms with Gasteiger partial charge in [-0.05, 0) is 24.3 Å². The summed E-state index contributed by atoms with van der Waals surface area (Å²) >= 11 is 0. The van der Waals surface area contributed by atoms with Crippen LogP contribution in [-0.2, 0) is 13.0 Å². The highest BCUT2D eigenvalue weighted by Gasteiger charge is 2.13. The Kier molecular flexibility index (Phi) is 3.63. The van der Waals surface area contributed by atoms with E-state index in [1.165, 1.54) is 6.07 Å². The van der Waals surface area contributed by atoms with Crippen molar-refractivity contribution in [2.24, 2.45) is 0 Å². The summed E-state index contributed by atoms with van der Waals surface area (Å²) in [6.07, 6.45) is 0.686. The van der Waals surface area contributed by atoms with Crippen molar-refractivity contribution in [2.75, 3.05) is 0 Å². The Morgan fingerprint density at radius 1 is 1.27 bits per heavy atom. The highest BCUT2D eigenvalue weighted by atomic mass is 19.1. The van der Waals surface area contributed by atoms with Gasteiger partial charge in [-0.15, -0.1) is 0 Å². The summed E-state index contributed by atoms with van der Waals surface area (Å²) in [6.45, 7) is 2.34. The molecule has 0 aliphatic rings. The van der Waals surface area contributed by atoms with Gasteiger partial charge in [-0.25, -0.2) is 14.2 Å². The Bertz CT molecular complexity index is 855. The Hall–Kier alpha value is -2.69. The summed E-state index contributed by atoms with van der Waals surface area (Å²) in [7, 11) is 0. The van der Waals surface area contributed by atoms with E-state index in [9.17, 15) is 9.18 Å². The zero-order valence-electron chi connectivity index (χ0n) is 12.1. The van der Waals surface area contributed by atoms with E-state index in [0.29, 0.717) is 24.0 Å². The number of benzene rings is 2. The van der Waals surface area contributed by atoms with Crippen molar-refractivity contribution in [3.8, 4) is 0 Å². The van der Waals surface area contributed by atoms with Crippen molar-refractivity contribution in [3.05, 3.63) is 65.2 Å². The van der Waals surface area contributed by atoms with Crippen LogP contribution < -0.4 is 0 Å². The minimum Gasteiger partial charge on any atom is -0.478 e. The Balaban J connectivity index is 2.12. The molecule has 1 N–H and O–H groups in total. The number of aromatic nitrogens is 2. The zero-order valence-corrected chi connectivity index (χ0v) is 12.1. The van der Waals surface area contributed by atoms with Crippen molar-refractivity contribution in [2.45, 2.75) is 19.9 Å². The Morgan fingerprint density at radius 3 is 2.73 bits per heavy atom. The molecule has 0 unspecified atom stereocenters. The van der Waals surface area contributed by atoms with Gasteiger partial charge in [0.15, 0.2) is 0 Å². The summed E-state index contributed by atoms with van der Waals surface area (Å²) in [4.78, 5) is 15.5. The van der Waals surface area contributed by atoms with Gasteiger partial charge in [0.2, 0.25) is 0 Å². The summed E-state index contributed by atoms with van der Waals surface area (Å²) in [5.41, 5.74) is 2.21. The predicted molar refractivity (Wildman–Crippen MR) is 81.6 cm³/mol. The normalized spacial score (nSPS) is 11.0. The lowest BCUT2D eigenvalue weighted by atomic mass is 10.2. The van der Waals surface area contributed by atoms with Gasteiger partial charge in [0.25, 0.3) is 0 Å². The molecule has 0 saturated heterocycles. The maximum Gasteiger partial charge on any atom is 0.335 e. The van der Waals surface area contributed by atoms with Gasteiger partial charge in [0, 0.05) is 12.0 Å². The van der Waals surface area contributed by atoms with E-state index in [-0.39, 0.29) is 11.4 Å². The summed E-state index contributed by atoms with van der Waals surface area (Å²) < 4.78 is 15.8. The van der Waals surface area contributed by atoms with E-state index in [0.717, 1.165) is 11.3 Å². The molecule has 112 valence electrons. The standard InChI is InChI=1S/C17H15FN2O2/c1-2-16-19-14-9-11(17(21)22)7-8-15(14)20(16)10-12-5-3-4-6-13(12)18/h3-9H,2,10H2,1H3,(H,21,22). The first-order valence-electron chi connectivity index (χ1n) is 7.06. The minimum absolute atomic E-state index is 0.200. The summed E-state index contributed by atoms with van der Waals surface area (Å²) in [6, 6.07) is 11.5. The highest BCUT2D eigenvalue weighted by molar-refractivity contribution is 5.92. The van der Waals surface area contributed by atoms with E-state index in [4.69, 9.17) is 5.11 Å². The molecule has 0 atom stereocenters. The lowest BCUT2D eigenvalue weighted by molar-refractivity contribution is 0.0697. The first-order chi connectivity index (χ1) is 10.6. The average molecular weight is 298 g/mol. The van der Waals surface area contributed by atoms with Gasteiger partial charge in [-0.2, -0.15) is 0 Å². The molecule has 0 radical (unpaired) electrons. The highest BCUT2D eigenvalue weighted by Crippen LogP contribution is 2.21. The molecule has 0 amide bonds. The second kappa shape index (κ2) is 5.60. The molecule has 22 heavy (non-hydrogen) atoms. The number of carbonyl (C=O) groups is 1. The molecule has 1 aromatic heterocycles. The zero-order chi connectivity index (χ0) is 15.7. The first kappa shape index (κ1) is 14.3. The lowest BCUT2D eigenvalue weighted by Crippen LogP contribution is -2.06. The van der Waals surface area contributed by atoms with E-state index < -0.39 is 5.97 Å². The van der Waals surface area contributed by atoms with Crippen LogP contribution in [0, 0.1) is 5.82 Å². The van der Waals surface area contributed by atoms with Gasteiger partial charge < -0.3 is 9.67 Å². The second-order valence-electron chi connectivity index (χ2n) is 5.07. The van der Waals surface area contributed by atoms with E-state index in [1.54, 1.807) is 36.4 Å². The minimum atomic E-state index is -0.983. The van der Waals surface area contributed by atoms with Crippen LogP contribution in [0.3, 0.4) is 0 Å². The van der Waals surface area contributed by atoms with E-state index in [1.807, 2.05) is 11.5 Å². The van der Waals surface area contributed by atoms with E-state index in [2.05, 4.69) is 4.98 Å². The molecule has 2 aromatic carbocycles. The topological polar surface area (TPSA) is 55.1 Å². The molecular weight excluding hydrogens is 283 g/mol. The lowest BCUT2D eigenvalue weighted by Gasteiger charge is -2.09. The van der Waals surface area contributed by atoms with Crippen molar-refractivity contribution in [1.82, 2.24) is 9.55 Å². The maximum atomic E-state index is 13.9. The molecule has 1 heterocycles. The van der Waals surface area contributed by atoms with Gasteiger partial charge in [-0.3, -0.25) is 0 Å². The van der Waals surface area contributed by atoms with Gasteiger partial charge in [0.1, 0.15) is 11.6 Å². The third-order valence-electron chi connectivity index (χ3n) is 3.68. The van der Waals surface area contributed by atoms with Crippen LogP contribution in [0.4, 0.5) is 4.39 Å². The first-order valence-corrected chi connectivity index (χ1v) is 7.06.